The molecule has 32 heavy (non-hydrogen) atoms. The molecule has 1 atom stereocenters. The number of halogens is 1. The van der Waals surface area contributed by atoms with Crippen molar-refractivity contribution in [3.63, 3.8) is 0 Å². The molecule has 1 unspecified atom stereocenters. The van der Waals surface area contributed by atoms with E-state index in [1.807, 2.05) is 0 Å². The highest BCUT2D eigenvalue weighted by Gasteiger charge is 2.49. The topological polar surface area (TPSA) is 93.5 Å². The Morgan fingerprint density at radius 2 is 1.91 bits per heavy atom. The van der Waals surface area contributed by atoms with Gasteiger partial charge in [-0.25, -0.2) is 4.79 Å². The highest BCUT2D eigenvalue weighted by atomic mass is 35.5. The van der Waals surface area contributed by atoms with Crippen molar-refractivity contribution in [2.24, 2.45) is 0 Å². The van der Waals surface area contributed by atoms with E-state index in [0.29, 0.717) is 10.7 Å². The van der Waals surface area contributed by atoms with Crippen LogP contribution in [0, 0.1) is 0 Å². The standard InChI is InChI=1S/C23H27ClN4O4/c1-23(22(31)25-16-9-5-3-4-6-10-16)14-27-19(13-18(26-27)21(30)32-2)20(29)28(23)17-11-7-8-15(24)12-17/h7-8,11-13,16H,3-6,9-10,14H2,1-2H3,(H,25,31). The fourth-order valence-electron chi connectivity index (χ4n) is 4.57. The Balaban J connectivity index is 1.74. The molecular formula is C23H27ClN4O4. The lowest BCUT2D eigenvalue weighted by Gasteiger charge is -2.43. The zero-order chi connectivity index (χ0) is 22.9. The Hall–Kier alpha value is -2.87. The summed E-state index contributed by atoms with van der Waals surface area (Å²) < 4.78 is 6.17. The molecule has 1 aliphatic heterocycles. The third kappa shape index (κ3) is 4.11. The van der Waals surface area contributed by atoms with Gasteiger partial charge in [0.1, 0.15) is 11.2 Å². The lowest BCUT2D eigenvalue weighted by atomic mass is 9.93. The summed E-state index contributed by atoms with van der Waals surface area (Å²) in [6, 6.07) is 8.32. The first-order chi connectivity index (χ1) is 15.3. The van der Waals surface area contributed by atoms with Crippen LogP contribution in [-0.4, -0.2) is 46.3 Å². The van der Waals surface area contributed by atoms with Gasteiger partial charge in [-0.15, -0.1) is 0 Å². The predicted octanol–water partition coefficient (Wildman–Crippen LogP) is 3.58. The van der Waals surface area contributed by atoms with Crippen LogP contribution in [0.2, 0.25) is 5.02 Å². The van der Waals surface area contributed by atoms with E-state index in [-0.39, 0.29) is 29.9 Å². The van der Waals surface area contributed by atoms with E-state index in [2.05, 4.69) is 10.4 Å². The Morgan fingerprint density at radius 1 is 1.19 bits per heavy atom. The van der Waals surface area contributed by atoms with Gasteiger partial charge in [0, 0.05) is 22.8 Å². The Kier molecular flexibility index (Phi) is 6.24. The van der Waals surface area contributed by atoms with Crippen LogP contribution in [0.15, 0.2) is 30.3 Å². The maximum atomic E-state index is 13.7. The predicted molar refractivity (Wildman–Crippen MR) is 120 cm³/mol. The first-order valence-corrected chi connectivity index (χ1v) is 11.3. The Morgan fingerprint density at radius 3 is 2.56 bits per heavy atom. The van der Waals surface area contributed by atoms with Crippen molar-refractivity contribution in [3.8, 4) is 0 Å². The van der Waals surface area contributed by atoms with Crippen molar-refractivity contribution in [1.82, 2.24) is 15.1 Å². The van der Waals surface area contributed by atoms with Gasteiger partial charge >= 0.3 is 5.97 Å². The van der Waals surface area contributed by atoms with Gasteiger partial charge in [0.2, 0.25) is 5.91 Å². The van der Waals surface area contributed by atoms with Crippen LogP contribution in [-0.2, 0) is 16.1 Å². The van der Waals surface area contributed by atoms with E-state index in [1.54, 1.807) is 31.2 Å². The van der Waals surface area contributed by atoms with E-state index in [0.717, 1.165) is 25.7 Å². The van der Waals surface area contributed by atoms with E-state index >= 15 is 0 Å². The molecule has 0 bridgehead atoms. The molecule has 1 N–H and O–H groups in total. The first-order valence-electron chi connectivity index (χ1n) is 10.9. The molecular weight excluding hydrogens is 432 g/mol. The number of anilines is 1. The Labute approximate surface area is 191 Å². The monoisotopic (exact) mass is 458 g/mol. The molecule has 2 heterocycles. The molecule has 0 spiro atoms. The molecule has 9 heteroatoms. The van der Waals surface area contributed by atoms with Crippen molar-refractivity contribution < 1.29 is 19.1 Å². The number of amides is 2. The lowest BCUT2D eigenvalue weighted by Crippen LogP contribution is -2.65. The van der Waals surface area contributed by atoms with Gasteiger partial charge < -0.3 is 10.1 Å². The summed E-state index contributed by atoms with van der Waals surface area (Å²) >= 11 is 6.21. The zero-order valence-corrected chi connectivity index (χ0v) is 19.0. The first kappa shape index (κ1) is 22.3. The van der Waals surface area contributed by atoms with Crippen LogP contribution in [0.1, 0.15) is 66.4 Å². The van der Waals surface area contributed by atoms with Gasteiger partial charge in [0.25, 0.3) is 5.91 Å². The fourth-order valence-corrected chi connectivity index (χ4v) is 4.75. The van der Waals surface area contributed by atoms with E-state index < -0.39 is 17.4 Å². The number of hydrogen-bond donors (Lipinski definition) is 1. The molecule has 1 aromatic heterocycles. The zero-order valence-electron chi connectivity index (χ0n) is 18.3. The van der Waals surface area contributed by atoms with Crippen LogP contribution >= 0.6 is 11.6 Å². The summed E-state index contributed by atoms with van der Waals surface area (Å²) in [5.74, 6) is -1.32. The second-order valence-corrected chi connectivity index (χ2v) is 9.06. The second-order valence-electron chi connectivity index (χ2n) is 8.62. The van der Waals surface area contributed by atoms with E-state index in [1.165, 1.54) is 35.6 Å². The van der Waals surface area contributed by atoms with Crippen molar-refractivity contribution in [2.75, 3.05) is 12.0 Å². The molecule has 0 saturated heterocycles. The highest BCUT2D eigenvalue weighted by Crippen LogP contribution is 2.34. The highest BCUT2D eigenvalue weighted by molar-refractivity contribution is 6.31. The number of benzene rings is 1. The molecule has 0 radical (unpaired) electrons. The van der Waals surface area contributed by atoms with Gasteiger partial charge in [0.15, 0.2) is 5.69 Å². The van der Waals surface area contributed by atoms with Gasteiger partial charge in [-0.3, -0.25) is 19.2 Å². The van der Waals surface area contributed by atoms with Gasteiger partial charge in [-0.05, 0) is 38.0 Å². The molecule has 1 fully saturated rings. The number of fused-ring (bicyclic) bond motifs is 1. The second kappa shape index (κ2) is 8.94. The van der Waals surface area contributed by atoms with Crippen LogP contribution in [0.4, 0.5) is 5.69 Å². The van der Waals surface area contributed by atoms with Crippen LogP contribution < -0.4 is 10.2 Å². The molecule has 170 valence electrons. The minimum absolute atomic E-state index is 0.0234. The molecule has 1 aliphatic carbocycles. The lowest BCUT2D eigenvalue weighted by molar-refractivity contribution is -0.127. The summed E-state index contributed by atoms with van der Waals surface area (Å²) in [5.41, 5.74) is -0.519. The molecule has 2 aliphatic rings. The number of methoxy groups -OCH3 is 1. The van der Waals surface area contributed by atoms with E-state index in [9.17, 15) is 14.4 Å². The number of ether oxygens (including phenoxy) is 1. The minimum Gasteiger partial charge on any atom is -0.464 e. The minimum atomic E-state index is -1.26. The molecule has 4 rings (SSSR count). The van der Waals surface area contributed by atoms with Crippen molar-refractivity contribution in [1.29, 1.82) is 0 Å². The number of hydrogen-bond acceptors (Lipinski definition) is 5. The maximum absolute atomic E-state index is 13.7. The molecule has 1 saturated carbocycles. The fraction of sp³-hybridized carbons (Fsp3) is 0.478. The largest absolute Gasteiger partial charge is 0.464 e. The van der Waals surface area contributed by atoms with Crippen molar-refractivity contribution in [2.45, 2.75) is 63.6 Å². The molecule has 1 aromatic carbocycles. The van der Waals surface area contributed by atoms with Crippen LogP contribution in [0.25, 0.3) is 0 Å². The van der Waals surface area contributed by atoms with Crippen molar-refractivity contribution >= 4 is 35.1 Å². The maximum Gasteiger partial charge on any atom is 0.358 e. The van der Waals surface area contributed by atoms with Gasteiger partial charge in [0.05, 0.1) is 13.7 Å². The molecule has 8 nitrogen and oxygen atoms in total. The molecule has 2 aromatic rings. The van der Waals surface area contributed by atoms with Crippen LogP contribution in [0.5, 0.6) is 0 Å². The van der Waals surface area contributed by atoms with Crippen molar-refractivity contribution in [3.05, 3.63) is 46.7 Å². The Bertz CT molecular complexity index is 1040. The number of aromatic nitrogens is 2. The summed E-state index contributed by atoms with van der Waals surface area (Å²) in [5, 5.41) is 7.88. The third-order valence-corrected chi connectivity index (χ3v) is 6.53. The average Bonchev–Trinajstić information content (AvgIpc) is 3.02. The average molecular weight is 459 g/mol. The smallest absolute Gasteiger partial charge is 0.358 e. The summed E-state index contributed by atoms with van der Waals surface area (Å²) in [6.07, 6.45) is 6.33. The third-order valence-electron chi connectivity index (χ3n) is 6.29. The SMILES string of the molecule is COC(=O)c1cc2n(n1)CC(C)(C(=O)NC1CCCCCC1)N(c1cccc(Cl)c1)C2=O. The number of carbonyl (C=O) groups is 3. The quantitative estimate of drug-likeness (QED) is 0.558. The molecule has 2 amide bonds. The van der Waals surface area contributed by atoms with Crippen LogP contribution in [0.3, 0.4) is 0 Å². The normalized spacial score (nSPS) is 21.6. The summed E-state index contributed by atoms with van der Waals surface area (Å²) in [4.78, 5) is 40.7. The van der Waals surface area contributed by atoms with E-state index in [4.69, 9.17) is 16.3 Å². The summed E-state index contributed by atoms with van der Waals surface area (Å²) in [6.45, 7) is 1.82. The number of esters is 1. The summed E-state index contributed by atoms with van der Waals surface area (Å²) in [7, 11) is 1.26. The van der Waals surface area contributed by atoms with Gasteiger partial charge in [-0.1, -0.05) is 43.4 Å². The number of carbonyl (C=O) groups excluding carboxylic acids is 3. The number of rotatable bonds is 4. The number of nitrogens with zero attached hydrogens (tertiary/aromatic N) is 3. The van der Waals surface area contributed by atoms with Gasteiger partial charge in [-0.2, -0.15) is 5.10 Å². The number of nitrogens with one attached hydrogen (secondary N) is 1.